The van der Waals surface area contributed by atoms with Crippen LogP contribution in [0.3, 0.4) is 0 Å². The van der Waals surface area contributed by atoms with Gasteiger partial charge in [0.2, 0.25) is 0 Å². The molecule has 2 rings (SSSR count). The maximum absolute atomic E-state index is 11.9. The number of likely N-dealkylation sites (tertiary alicyclic amines) is 1. The number of carbonyl (C=O) groups excluding carboxylic acids is 1. The molecule has 0 spiro atoms. The second-order valence-corrected chi connectivity index (χ2v) is 6.64. The molecule has 0 bridgehead atoms. The van der Waals surface area contributed by atoms with Gasteiger partial charge < -0.3 is 4.74 Å². The summed E-state index contributed by atoms with van der Waals surface area (Å²) >= 11 is 0. The van der Waals surface area contributed by atoms with Crippen LogP contribution in [-0.4, -0.2) is 30.1 Å². The molecule has 124 valence electrons. The number of benzene rings is 1. The minimum atomic E-state index is -0.145. The Morgan fingerprint density at radius 2 is 2.04 bits per heavy atom. The summed E-state index contributed by atoms with van der Waals surface area (Å²) in [5.74, 6) is 3.66. The fourth-order valence-corrected chi connectivity index (χ4v) is 3.67. The van der Waals surface area contributed by atoms with Gasteiger partial charge in [-0.2, -0.15) is 0 Å². The number of hydrogen-bond acceptors (Lipinski definition) is 3. The lowest BCUT2D eigenvalue weighted by atomic mass is 9.76. The van der Waals surface area contributed by atoms with Crippen LogP contribution in [0, 0.1) is 24.2 Å². The molecule has 0 amide bonds. The van der Waals surface area contributed by atoms with Crippen LogP contribution in [0.5, 0.6) is 0 Å². The van der Waals surface area contributed by atoms with Gasteiger partial charge in [-0.1, -0.05) is 44.2 Å². The molecule has 1 saturated heterocycles. The zero-order chi connectivity index (χ0) is 16.8. The molecule has 0 aromatic heterocycles. The molecule has 4 atom stereocenters. The summed E-state index contributed by atoms with van der Waals surface area (Å²) in [6, 6.07) is 10.9. The number of carbonyl (C=O) groups is 1. The normalized spacial score (nSPS) is 28.1. The van der Waals surface area contributed by atoms with Crippen LogP contribution in [0.2, 0.25) is 0 Å². The van der Waals surface area contributed by atoms with Crippen molar-refractivity contribution in [3.8, 4) is 12.3 Å². The van der Waals surface area contributed by atoms with E-state index in [2.05, 4.69) is 48.9 Å². The molecule has 1 aromatic carbocycles. The van der Waals surface area contributed by atoms with Gasteiger partial charge in [0.1, 0.15) is 0 Å². The Hall–Kier alpha value is -1.79. The standard InChI is InChI=1S/C20H27NO2/c1-5-9-18-12-15(2)16(3)19(13-20(22)23-4)21(18)14-17-10-7-6-8-11-17/h1,6-8,10-11,15-16,18-19H,9,12-14H2,2-4H3/t15-,16-,18?,19-/m1/s1. The number of hydrogen-bond donors (Lipinski definition) is 0. The maximum Gasteiger partial charge on any atom is 0.307 e. The van der Waals surface area contributed by atoms with E-state index in [0.29, 0.717) is 24.3 Å². The zero-order valence-corrected chi connectivity index (χ0v) is 14.4. The van der Waals surface area contributed by atoms with Gasteiger partial charge in [0, 0.05) is 25.0 Å². The number of piperidine rings is 1. The minimum absolute atomic E-state index is 0.145. The monoisotopic (exact) mass is 313 g/mol. The fourth-order valence-electron chi connectivity index (χ4n) is 3.67. The highest BCUT2D eigenvalue weighted by atomic mass is 16.5. The molecule has 1 aliphatic heterocycles. The Balaban J connectivity index is 2.26. The molecule has 1 aliphatic rings. The molecule has 0 saturated carbocycles. The maximum atomic E-state index is 11.9. The molecule has 1 aromatic rings. The van der Waals surface area contributed by atoms with E-state index in [4.69, 9.17) is 11.2 Å². The lowest BCUT2D eigenvalue weighted by Crippen LogP contribution is -2.53. The highest BCUT2D eigenvalue weighted by molar-refractivity contribution is 5.70. The van der Waals surface area contributed by atoms with Crippen molar-refractivity contribution in [2.45, 2.75) is 51.7 Å². The fraction of sp³-hybridized carbons (Fsp3) is 0.550. The molecule has 3 heteroatoms. The van der Waals surface area contributed by atoms with Crippen LogP contribution in [0.25, 0.3) is 0 Å². The van der Waals surface area contributed by atoms with Crippen molar-refractivity contribution in [2.24, 2.45) is 11.8 Å². The Morgan fingerprint density at radius 3 is 2.65 bits per heavy atom. The first-order valence-corrected chi connectivity index (χ1v) is 8.36. The van der Waals surface area contributed by atoms with E-state index in [0.717, 1.165) is 19.4 Å². The lowest BCUT2D eigenvalue weighted by Gasteiger charge is -2.48. The van der Waals surface area contributed by atoms with Gasteiger partial charge in [-0.3, -0.25) is 9.69 Å². The first-order chi connectivity index (χ1) is 11.1. The molecule has 1 fully saturated rings. The summed E-state index contributed by atoms with van der Waals surface area (Å²) in [6.45, 7) is 5.33. The Bertz CT molecular complexity index is 549. The third-order valence-corrected chi connectivity index (χ3v) is 5.21. The van der Waals surface area contributed by atoms with Crippen LogP contribution < -0.4 is 0 Å². The third-order valence-electron chi connectivity index (χ3n) is 5.21. The topological polar surface area (TPSA) is 29.5 Å². The zero-order valence-electron chi connectivity index (χ0n) is 14.4. The summed E-state index contributed by atoms with van der Waals surface area (Å²) < 4.78 is 4.92. The van der Waals surface area contributed by atoms with Crippen LogP contribution in [0.4, 0.5) is 0 Å². The highest BCUT2D eigenvalue weighted by Gasteiger charge is 2.39. The molecular formula is C20H27NO2. The number of methoxy groups -OCH3 is 1. The molecular weight excluding hydrogens is 286 g/mol. The summed E-state index contributed by atoms with van der Waals surface area (Å²) in [7, 11) is 1.46. The van der Waals surface area contributed by atoms with Gasteiger partial charge in [0.15, 0.2) is 0 Å². The number of terminal acetylenes is 1. The SMILES string of the molecule is C#CCC1C[C@@H](C)[C@@H](C)[C@@H](CC(=O)OC)N1Cc1ccccc1. The first kappa shape index (κ1) is 17.6. The van der Waals surface area contributed by atoms with Crippen molar-refractivity contribution < 1.29 is 9.53 Å². The smallest absolute Gasteiger partial charge is 0.307 e. The number of nitrogens with zero attached hydrogens (tertiary/aromatic N) is 1. The Labute approximate surface area is 140 Å². The molecule has 23 heavy (non-hydrogen) atoms. The van der Waals surface area contributed by atoms with Crippen LogP contribution in [0.15, 0.2) is 30.3 Å². The second kappa shape index (κ2) is 8.17. The van der Waals surface area contributed by atoms with Gasteiger partial charge in [0.25, 0.3) is 0 Å². The summed E-state index contributed by atoms with van der Waals surface area (Å²) in [5.41, 5.74) is 1.26. The molecule has 0 aliphatic carbocycles. The van der Waals surface area contributed by atoms with Crippen molar-refractivity contribution in [3.05, 3.63) is 35.9 Å². The predicted molar refractivity (Wildman–Crippen MR) is 92.6 cm³/mol. The summed E-state index contributed by atoms with van der Waals surface area (Å²) in [4.78, 5) is 14.3. The molecule has 3 nitrogen and oxygen atoms in total. The van der Waals surface area contributed by atoms with E-state index < -0.39 is 0 Å². The minimum Gasteiger partial charge on any atom is -0.469 e. The summed E-state index contributed by atoms with van der Waals surface area (Å²) in [6.07, 6.45) is 7.83. The quantitative estimate of drug-likeness (QED) is 0.615. The van der Waals surface area contributed by atoms with Crippen molar-refractivity contribution in [1.29, 1.82) is 0 Å². The molecule has 0 radical (unpaired) electrons. The largest absolute Gasteiger partial charge is 0.469 e. The van der Waals surface area contributed by atoms with Gasteiger partial charge in [0.05, 0.1) is 13.5 Å². The molecule has 0 N–H and O–H groups in total. The second-order valence-electron chi connectivity index (χ2n) is 6.64. The van der Waals surface area contributed by atoms with E-state index in [1.165, 1.54) is 12.7 Å². The highest BCUT2D eigenvalue weighted by Crippen LogP contribution is 2.36. The van der Waals surface area contributed by atoms with E-state index in [1.807, 2.05) is 6.07 Å². The molecule has 1 heterocycles. The van der Waals surface area contributed by atoms with Gasteiger partial charge in [-0.05, 0) is 23.8 Å². The molecule has 1 unspecified atom stereocenters. The number of rotatable bonds is 5. The Morgan fingerprint density at radius 1 is 1.35 bits per heavy atom. The van der Waals surface area contributed by atoms with Crippen LogP contribution in [0.1, 0.15) is 38.7 Å². The number of esters is 1. The number of ether oxygens (including phenoxy) is 1. The van der Waals surface area contributed by atoms with E-state index in [9.17, 15) is 4.79 Å². The van der Waals surface area contributed by atoms with E-state index >= 15 is 0 Å². The van der Waals surface area contributed by atoms with Gasteiger partial charge in [-0.25, -0.2) is 0 Å². The average molecular weight is 313 g/mol. The van der Waals surface area contributed by atoms with E-state index in [1.54, 1.807) is 0 Å². The van der Waals surface area contributed by atoms with Crippen LogP contribution >= 0.6 is 0 Å². The van der Waals surface area contributed by atoms with Crippen molar-refractivity contribution in [1.82, 2.24) is 4.90 Å². The first-order valence-electron chi connectivity index (χ1n) is 8.36. The van der Waals surface area contributed by atoms with Gasteiger partial charge >= 0.3 is 5.97 Å². The van der Waals surface area contributed by atoms with Crippen molar-refractivity contribution in [3.63, 3.8) is 0 Å². The van der Waals surface area contributed by atoms with Crippen molar-refractivity contribution >= 4 is 5.97 Å². The Kier molecular flexibility index (Phi) is 6.24. The average Bonchev–Trinajstić information content (AvgIpc) is 2.56. The lowest BCUT2D eigenvalue weighted by molar-refractivity contribution is -0.144. The van der Waals surface area contributed by atoms with E-state index in [-0.39, 0.29) is 12.0 Å². The van der Waals surface area contributed by atoms with Crippen molar-refractivity contribution in [2.75, 3.05) is 7.11 Å². The predicted octanol–water partition coefficient (Wildman–Crippen LogP) is 3.49. The van der Waals surface area contributed by atoms with Gasteiger partial charge in [-0.15, -0.1) is 12.3 Å². The third kappa shape index (κ3) is 4.36. The summed E-state index contributed by atoms with van der Waals surface area (Å²) in [5, 5.41) is 0. The van der Waals surface area contributed by atoms with Crippen LogP contribution in [-0.2, 0) is 16.1 Å².